The van der Waals surface area contributed by atoms with E-state index in [9.17, 15) is 9.59 Å². The highest BCUT2D eigenvalue weighted by Gasteiger charge is 2.25. The molecule has 6 nitrogen and oxygen atoms in total. The van der Waals surface area contributed by atoms with Crippen LogP contribution in [0.3, 0.4) is 0 Å². The molecule has 0 aromatic carbocycles. The summed E-state index contributed by atoms with van der Waals surface area (Å²) in [7, 11) is 1.32. The first kappa shape index (κ1) is 17.3. The van der Waals surface area contributed by atoms with Crippen molar-refractivity contribution in [2.75, 3.05) is 7.11 Å². The second-order valence-corrected chi connectivity index (χ2v) is 6.08. The van der Waals surface area contributed by atoms with E-state index in [0.29, 0.717) is 0 Å². The third-order valence-electron chi connectivity index (χ3n) is 3.07. The van der Waals surface area contributed by atoms with E-state index in [0.717, 1.165) is 25.7 Å². The highest BCUT2D eigenvalue weighted by molar-refractivity contribution is 5.81. The molecule has 0 heterocycles. The summed E-state index contributed by atoms with van der Waals surface area (Å²) >= 11 is 0. The first-order chi connectivity index (χ1) is 9.80. The van der Waals surface area contributed by atoms with Gasteiger partial charge in [-0.05, 0) is 46.5 Å². The molecule has 0 aromatic heterocycles. The summed E-state index contributed by atoms with van der Waals surface area (Å²) in [5.74, 6) is -0.435. The third-order valence-corrected chi connectivity index (χ3v) is 3.07. The number of nitrogens with one attached hydrogen (secondary N) is 1. The van der Waals surface area contributed by atoms with Crippen molar-refractivity contribution >= 4 is 12.1 Å². The first-order valence-corrected chi connectivity index (χ1v) is 7.19. The number of amides is 1. The smallest absolute Gasteiger partial charge is 0.407 e. The van der Waals surface area contributed by atoms with Gasteiger partial charge in [-0.15, -0.1) is 0 Å². The van der Waals surface area contributed by atoms with Crippen molar-refractivity contribution in [1.82, 2.24) is 5.32 Å². The van der Waals surface area contributed by atoms with Crippen LogP contribution in [0.1, 0.15) is 46.5 Å². The van der Waals surface area contributed by atoms with E-state index in [1.165, 1.54) is 19.4 Å². The zero-order chi connectivity index (χ0) is 15.9. The van der Waals surface area contributed by atoms with Crippen LogP contribution in [-0.2, 0) is 19.0 Å². The predicted molar refractivity (Wildman–Crippen MR) is 77.7 cm³/mol. The van der Waals surface area contributed by atoms with Crippen molar-refractivity contribution in [3.05, 3.63) is 12.3 Å². The summed E-state index contributed by atoms with van der Waals surface area (Å²) in [6.07, 6.45) is 5.63. The summed E-state index contributed by atoms with van der Waals surface area (Å²) in [5.41, 5.74) is -0.483. The Bertz CT molecular complexity index is 378. The second kappa shape index (κ2) is 7.90. The monoisotopic (exact) mass is 299 g/mol. The molecule has 0 atom stereocenters. The Balaban J connectivity index is 2.24. The van der Waals surface area contributed by atoms with Gasteiger partial charge in [0.2, 0.25) is 0 Å². The molecule has 1 fully saturated rings. The molecule has 0 aromatic rings. The fourth-order valence-electron chi connectivity index (χ4n) is 2.09. The van der Waals surface area contributed by atoms with Crippen molar-refractivity contribution in [2.45, 2.75) is 64.2 Å². The zero-order valence-corrected chi connectivity index (χ0v) is 13.2. The number of carbonyl (C=O) groups is 2. The van der Waals surface area contributed by atoms with Gasteiger partial charge >= 0.3 is 12.1 Å². The molecule has 1 N–H and O–H groups in total. The number of hydrogen-bond acceptors (Lipinski definition) is 5. The Kier molecular flexibility index (Phi) is 6.52. The van der Waals surface area contributed by atoms with Crippen LogP contribution in [0, 0.1) is 0 Å². The van der Waals surface area contributed by atoms with Crippen molar-refractivity contribution < 1.29 is 23.8 Å². The maximum atomic E-state index is 11.7. The Hall–Kier alpha value is -1.72. The molecule has 0 saturated heterocycles. The van der Waals surface area contributed by atoms with Gasteiger partial charge in [-0.1, -0.05) is 0 Å². The Morgan fingerprint density at radius 3 is 2.29 bits per heavy atom. The van der Waals surface area contributed by atoms with Crippen molar-refractivity contribution in [1.29, 1.82) is 0 Å². The lowest BCUT2D eigenvalue weighted by molar-refractivity contribution is -0.135. The number of rotatable bonds is 4. The van der Waals surface area contributed by atoms with Crippen LogP contribution in [0.4, 0.5) is 4.79 Å². The van der Waals surface area contributed by atoms with E-state index < -0.39 is 11.6 Å². The molecular formula is C15H25NO5. The fraction of sp³-hybridized carbons (Fsp3) is 0.733. The van der Waals surface area contributed by atoms with Gasteiger partial charge < -0.3 is 19.5 Å². The summed E-state index contributed by atoms with van der Waals surface area (Å²) in [5, 5.41) is 2.87. The second-order valence-electron chi connectivity index (χ2n) is 6.08. The van der Waals surface area contributed by atoms with Gasteiger partial charge in [0.1, 0.15) is 5.60 Å². The van der Waals surface area contributed by atoms with Crippen LogP contribution in [0.15, 0.2) is 12.3 Å². The third kappa shape index (κ3) is 7.58. The molecule has 120 valence electrons. The van der Waals surface area contributed by atoms with Gasteiger partial charge in [-0.3, -0.25) is 0 Å². The molecule has 0 aliphatic heterocycles. The van der Waals surface area contributed by atoms with Crippen LogP contribution in [0.25, 0.3) is 0 Å². The maximum absolute atomic E-state index is 11.7. The van der Waals surface area contributed by atoms with E-state index in [4.69, 9.17) is 9.47 Å². The maximum Gasteiger partial charge on any atom is 0.407 e. The minimum absolute atomic E-state index is 0.0718. The van der Waals surface area contributed by atoms with Crippen LogP contribution in [0.5, 0.6) is 0 Å². The minimum atomic E-state index is -0.483. The van der Waals surface area contributed by atoms with Crippen LogP contribution < -0.4 is 5.32 Å². The summed E-state index contributed by atoms with van der Waals surface area (Å²) < 4.78 is 15.2. The summed E-state index contributed by atoms with van der Waals surface area (Å²) in [6.45, 7) is 5.51. The lowest BCUT2D eigenvalue weighted by atomic mass is 9.93. The fourth-order valence-corrected chi connectivity index (χ4v) is 2.09. The Morgan fingerprint density at radius 2 is 1.76 bits per heavy atom. The molecule has 1 saturated carbocycles. The average Bonchev–Trinajstić information content (AvgIpc) is 2.38. The lowest BCUT2D eigenvalue weighted by Crippen LogP contribution is -2.41. The molecule has 6 heteroatoms. The predicted octanol–water partition coefficient (Wildman–Crippen LogP) is 2.53. The van der Waals surface area contributed by atoms with Gasteiger partial charge in [0.15, 0.2) is 0 Å². The molecule has 0 unspecified atom stereocenters. The zero-order valence-electron chi connectivity index (χ0n) is 13.2. The summed E-state index contributed by atoms with van der Waals surface area (Å²) in [6, 6.07) is 0.115. The van der Waals surface area contributed by atoms with E-state index in [1.54, 1.807) is 0 Å². The summed E-state index contributed by atoms with van der Waals surface area (Å²) in [4.78, 5) is 22.6. The quantitative estimate of drug-likeness (QED) is 0.490. The standard InChI is InChI=1S/C15H25NO5/c1-15(2,3)21-14(18)16-11-5-7-12(8-6-11)20-10-9-13(17)19-4/h9-12H,5-8H2,1-4H3,(H,16,18)/b10-9+/t11-,12-. The number of esters is 1. The lowest BCUT2D eigenvalue weighted by Gasteiger charge is -2.29. The highest BCUT2D eigenvalue weighted by Crippen LogP contribution is 2.22. The molecule has 0 bridgehead atoms. The van der Waals surface area contributed by atoms with Gasteiger partial charge in [0, 0.05) is 6.04 Å². The van der Waals surface area contributed by atoms with Crippen LogP contribution in [-0.4, -0.2) is 36.9 Å². The van der Waals surface area contributed by atoms with Crippen LogP contribution in [0.2, 0.25) is 0 Å². The van der Waals surface area contributed by atoms with Gasteiger partial charge in [0.05, 0.1) is 25.6 Å². The van der Waals surface area contributed by atoms with E-state index >= 15 is 0 Å². The number of ether oxygens (including phenoxy) is 3. The van der Waals surface area contributed by atoms with Gasteiger partial charge in [-0.25, -0.2) is 9.59 Å². The number of hydrogen-bond donors (Lipinski definition) is 1. The molecule has 0 spiro atoms. The van der Waals surface area contributed by atoms with Crippen molar-refractivity contribution in [2.24, 2.45) is 0 Å². The van der Waals surface area contributed by atoms with Gasteiger partial charge in [0.25, 0.3) is 0 Å². The van der Waals surface area contributed by atoms with E-state index in [2.05, 4.69) is 10.1 Å². The number of carbonyl (C=O) groups excluding carboxylic acids is 2. The van der Waals surface area contributed by atoms with Crippen molar-refractivity contribution in [3.63, 3.8) is 0 Å². The molecule has 1 aliphatic rings. The molecule has 1 aliphatic carbocycles. The average molecular weight is 299 g/mol. The van der Waals surface area contributed by atoms with E-state index in [1.807, 2.05) is 20.8 Å². The molecular weight excluding hydrogens is 274 g/mol. The number of alkyl carbamates (subject to hydrolysis) is 1. The molecule has 21 heavy (non-hydrogen) atoms. The largest absolute Gasteiger partial charge is 0.498 e. The van der Waals surface area contributed by atoms with Crippen LogP contribution >= 0.6 is 0 Å². The SMILES string of the molecule is COC(=O)/C=C/O[C@H]1CC[C@H](NC(=O)OC(C)(C)C)CC1. The molecule has 1 rings (SSSR count). The molecule has 1 amide bonds. The molecule has 0 radical (unpaired) electrons. The Labute approximate surface area is 125 Å². The highest BCUT2D eigenvalue weighted by atomic mass is 16.6. The topological polar surface area (TPSA) is 73.9 Å². The van der Waals surface area contributed by atoms with Gasteiger partial charge in [-0.2, -0.15) is 0 Å². The number of methoxy groups -OCH3 is 1. The normalized spacial score (nSPS) is 22.7. The van der Waals surface area contributed by atoms with E-state index in [-0.39, 0.29) is 18.2 Å². The van der Waals surface area contributed by atoms with Crippen molar-refractivity contribution in [3.8, 4) is 0 Å². The first-order valence-electron chi connectivity index (χ1n) is 7.19. The minimum Gasteiger partial charge on any atom is -0.498 e. The Morgan fingerprint density at radius 1 is 1.14 bits per heavy atom.